The van der Waals surface area contributed by atoms with E-state index in [9.17, 15) is 14.4 Å². The van der Waals surface area contributed by atoms with Crippen molar-refractivity contribution in [1.29, 1.82) is 0 Å². The predicted molar refractivity (Wildman–Crippen MR) is 107 cm³/mol. The molecule has 2 aromatic heterocycles. The number of ketones is 2. The number of hydrogen-bond donors (Lipinski definition) is 1. The molecule has 0 radical (unpaired) electrons. The highest BCUT2D eigenvalue weighted by Crippen LogP contribution is 2.35. The molecule has 28 heavy (non-hydrogen) atoms. The summed E-state index contributed by atoms with van der Waals surface area (Å²) >= 11 is 6.43. The Kier molecular flexibility index (Phi) is 5.35. The van der Waals surface area contributed by atoms with Crippen LogP contribution in [-0.4, -0.2) is 41.7 Å². The Morgan fingerprint density at radius 3 is 2.36 bits per heavy atom. The van der Waals surface area contributed by atoms with E-state index in [1.807, 2.05) is 0 Å². The van der Waals surface area contributed by atoms with Crippen molar-refractivity contribution in [2.24, 2.45) is 0 Å². The first-order chi connectivity index (χ1) is 13.2. The quantitative estimate of drug-likeness (QED) is 0.624. The van der Waals surface area contributed by atoms with Gasteiger partial charge in [0.15, 0.2) is 11.5 Å². The Labute approximate surface area is 176 Å². The molecule has 0 fully saturated rings. The predicted octanol–water partition coefficient (Wildman–Crippen LogP) is 3.22. The van der Waals surface area contributed by atoms with E-state index in [4.69, 9.17) is 15.2 Å². The van der Waals surface area contributed by atoms with Crippen molar-refractivity contribution >= 4 is 55.1 Å². The number of aromatic nitrogens is 2. The van der Waals surface area contributed by atoms with Crippen molar-refractivity contribution < 1.29 is 23.9 Å². The lowest BCUT2D eigenvalue weighted by Gasteiger charge is -2.17. The maximum Gasteiger partial charge on any atom is 0.356 e. The van der Waals surface area contributed by atoms with Gasteiger partial charge < -0.3 is 15.2 Å². The van der Waals surface area contributed by atoms with E-state index in [1.165, 1.54) is 26.4 Å². The molecule has 0 saturated carbocycles. The molecule has 0 amide bonds. The Balaban J connectivity index is 2.22. The van der Waals surface area contributed by atoms with Crippen LogP contribution in [0.5, 0.6) is 0 Å². The Morgan fingerprint density at radius 1 is 1.07 bits per heavy atom. The molecule has 0 spiro atoms. The second-order valence-electron chi connectivity index (χ2n) is 5.75. The first-order valence-corrected chi connectivity index (χ1v) is 9.39. The fraction of sp³-hybridized carbons (Fsp3) is 0.167. The van der Waals surface area contributed by atoms with E-state index >= 15 is 0 Å². The van der Waals surface area contributed by atoms with Gasteiger partial charge in [-0.1, -0.05) is 0 Å². The van der Waals surface area contributed by atoms with Crippen LogP contribution in [0.25, 0.3) is 11.4 Å². The third-order valence-electron chi connectivity index (χ3n) is 4.19. The van der Waals surface area contributed by atoms with Crippen LogP contribution in [0, 0.1) is 6.92 Å². The molecule has 1 aliphatic carbocycles. The number of hydrogen-bond acceptors (Lipinski definition) is 8. The fourth-order valence-corrected chi connectivity index (χ4v) is 3.62. The fourth-order valence-electron chi connectivity index (χ4n) is 2.72. The van der Waals surface area contributed by atoms with Crippen LogP contribution in [-0.2, 0) is 9.47 Å². The molecule has 10 heteroatoms. The second-order valence-corrected chi connectivity index (χ2v) is 7.34. The van der Waals surface area contributed by atoms with Crippen molar-refractivity contribution in [2.75, 3.05) is 20.0 Å². The third-order valence-corrected chi connectivity index (χ3v) is 5.93. The van der Waals surface area contributed by atoms with E-state index in [0.717, 1.165) is 0 Å². The molecule has 3 rings (SSSR count). The highest BCUT2D eigenvalue weighted by atomic mass is 79.9. The number of rotatable bonds is 3. The average molecular weight is 511 g/mol. The van der Waals surface area contributed by atoms with Crippen LogP contribution in [0.15, 0.2) is 26.8 Å². The molecule has 0 aromatic carbocycles. The number of nitrogens with two attached hydrogens (primary N) is 1. The summed E-state index contributed by atoms with van der Waals surface area (Å²) in [6.45, 7) is 1.67. The number of carbonyl (C=O) groups is 3. The maximum atomic E-state index is 12.6. The second kappa shape index (κ2) is 7.44. The van der Waals surface area contributed by atoms with Crippen molar-refractivity contribution in [3.8, 4) is 11.4 Å². The molecule has 2 aromatic rings. The lowest BCUT2D eigenvalue weighted by Crippen LogP contribution is -2.22. The number of ether oxygens (including phenoxy) is 2. The van der Waals surface area contributed by atoms with E-state index in [2.05, 4.69) is 41.8 Å². The zero-order chi connectivity index (χ0) is 20.7. The minimum Gasteiger partial charge on any atom is -0.491 e. The molecule has 8 nitrogen and oxygen atoms in total. The molecule has 0 atom stereocenters. The molecule has 2 heterocycles. The summed E-state index contributed by atoms with van der Waals surface area (Å²) in [7, 11) is 2.55. The third kappa shape index (κ3) is 3.02. The highest BCUT2D eigenvalue weighted by molar-refractivity contribution is 9.12. The van der Waals surface area contributed by atoms with Gasteiger partial charge in [-0.25, -0.2) is 14.8 Å². The maximum absolute atomic E-state index is 12.6. The number of esters is 1. The number of nitrogen functional groups attached to an aromatic ring is 1. The van der Waals surface area contributed by atoms with Gasteiger partial charge in [0.25, 0.3) is 0 Å². The number of Topliss-reactive ketones (excluding diaryl/α,β-unsaturated/α-hetero) is 2. The van der Waals surface area contributed by atoms with Gasteiger partial charge in [-0.15, -0.1) is 0 Å². The van der Waals surface area contributed by atoms with Gasteiger partial charge in [-0.3, -0.25) is 9.59 Å². The molecule has 2 N–H and O–H groups in total. The van der Waals surface area contributed by atoms with E-state index in [1.54, 1.807) is 6.92 Å². The van der Waals surface area contributed by atoms with Crippen LogP contribution in [0.3, 0.4) is 0 Å². The van der Waals surface area contributed by atoms with Gasteiger partial charge in [0, 0.05) is 4.47 Å². The molecule has 0 saturated heterocycles. The summed E-state index contributed by atoms with van der Waals surface area (Å²) in [5, 5.41) is 0. The smallest absolute Gasteiger partial charge is 0.356 e. The summed E-state index contributed by atoms with van der Waals surface area (Å²) in [6, 6.07) is 2.95. The van der Waals surface area contributed by atoms with Crippen LogP contribution >= 0.6 is 31.9 Å². The summed E-state index contributed by atoms with van der Waals surface area (Å²) in [6.07, 6.45) is 0. The largest absolute Gasteiger partial charge is 0.491 e. The molecular formula is C18H13Br2N3O5. The van der Waals surface area contributed by atoms with E-state index in [0.29, 0.717) is 10.0 Å². The summed E-state index contributed by atoms with van der Waals surface area (Å²) in [5.74, 6) is -1.70. The van der Waals surface area contributed by atoms with Crippen molar-refractivity contribution in [1.82, 2.24) is 9.97 Å². The zero-order valence-electron chi connectivity index (χ0n) is 14.9. The monoisotopic (exact) mass is 509 g/mol. The number of fused-ring (bicyclic) bond motifs is 1. The van der Waals surface area contributed by atoms with E-state index < -0.39 is 17.5 Å². The molecule has 144 valence electrons. The van der Waals surface area contributed by atoms with Crippen LogP contribution in [0.2, 0.25) is 0 Å². The number of pyridine rings is 2. The number of halogens is 2. The molecule has 0 bridgehead atoms. The van der Waals surface area contributed by atoms with Gasteiger partial charge in [0.2, 0.25) is 11.6 Å². The first-order valence-electron chi connectivity index (χ1n) is 7.81. The SMILES string of the molecule is COC(=O)c1nc(-c2ccc3c(n2)C(=O)C(Br)=C(OC)C3=O)c(N)c(Br)c1C. The Morgan fingerprint density at radius 2 is 1.75 bits per heavy atom. The van der Waals surface area contributed by atoms with E-state index in [-0.39, 0.29) is 44.3 Å². The van der Waals surface area contributed by atoms with Crippen LogP contribution in [0.4, 0.5) is 5.69 Å². The number of carbonyl (C=O) groups excluding carboxylic acids is 3. The van der Waals surface area contributed by atoms with Crippen LogP contribution < -0.4 is 5.73 Å². The number of methoxy groups -OCH3 is 2. The summed E-state index contributed by atoms with van der Waals surface area (Å²) < 4.78 is 10.2. The van der Waals surface area contributed by atoms with Crippen molar-refractivity contribution in [3.05, 3.63) is 49.4 Å². The summed E-state index contributed by atoms with van der Waals surface area (Å²) in [5.41, 5.74) is 7.39. The topological polar surface area (TPSA) is 121 Å². The van der Waals surface area contributed by atoms with Gasteiger partial charge in [0.1, 0.15) is 15.9 Å². The molecule has 0 aliphatic heterocycles. The Hall–Kier alpha value is -2.59. The number of nitrogens with zero attached hydrogens (tertiary/aromatic N) is 2. The van der Waals surface area contributed by atoms with Crippen LogP contribution in [0.1, 0.15) is 36.9 Å². The zero-order valence-corrected chi connectivity index (χ0v) is 18.1. The standard InChI is InChI=1S/C18H13Br2N3O5/c1-6-9(19)11(21)14(23-12(6)18(26)28-3)8-5-4-7-13(22-8)16(25)10(20)17(27-2)15(7)24/h4-5H,21H2,1-3H3. The van der Waals surface area contributed by atoms with Gasteiger partial charge >= 0.3 is 5.97 Å². The molecular weight excluding hydrogens is 498 g/mol. The lowest BCUT2D eigenvalue weighted by atomic mass is 9.97. The van der Waals surface area contributed by atoms with Gasteiger partial charge in [-0.2, -0.15) is 0 Å². The number of allylic oxidation sites excluding steroid dienone is 2. The number of anilines is 1. The highest BCUT2D eigenvalue weighted by Gasteiger charge is 2.34. The Bertz CT molecular complexity index is 1100. The van der Waals surface area contributed by atoms with Crippen molar-refractivity contribution in [2.45, 2.75) is 6.92 Å². The van der Waals surface area contributed by atoms with Crippen molar-refractivity contribution in [3.63, 3.8) is 0 Å². The van der Waals surface area contributed by atoms with Gasteiger partial charge in [0.05, 0.1) is 31.2 Å². The minimum atomic E-state index is -0.640. The summed E-state index contributed by atoms with van der Waals surface area (Å²) in [4.78, 5) is 45.7. The lowest BCUT2D eigenvalue weighted by molar-refractivity contribution is 0.0593. The average Bonchev–Trinajstić information content (AvgIpc) is 2.70. The molecule has 0 unspecified atom stereocenters. The molecule has 1 aliphatic rings. The van der Waals surface area contributed by atoms with Gasteiger partial charge in [-0.05, 0) is 56.5 Å². The normalized spacial score (nSPS) is 13.5. The first kappa shape index (κ1) is 20.2. The minimum absolute atomic E-state index is 0.0154.